The summed E-state index contributed by atoms with van der Waals surface area (Å²) in [5.41, 5.74) is 0.370. The molecule has 1 rings (SSSR count). The lowest BCUT2D eigenvalue weighted by atomic mass is 10.2. The molecule has 1 aromatic rings. The fourth-order valence-corrected chi connectivity index (χ4v) is 1.56. The number of aromatic nitrogens is 1. The number of nitrogens with zero attached hydrogens (tertiary/aromatic N) is 1. The number of hydrogen-bond donors (Lipinski definition) is 2. The highest BCUT2D eigenvalue weighted by molar-refractivity contribution is 9.10. The molecule has 0 aromatic carbocycles. The number of aliphatic carboxylic acids is 1. The molecule has 0 aliphatic rings. The van der Waals surface area contributed by atoms with Gasteiger partial charge in [-0.3, -0.25) is 9.78 Å². The Kier molecular flexibility index (Phi) is 4.42. The SMILES string of the molecule is CCC(NC(=O)c1ccncc1Br)C(=O)O. The van der Waals surface area contributed by atoms with Crippen LogP contribution in [0.15, 0.2) is 22.9 Å². The number of hydrogen-bond acceptors (Lipinski definition) is 3. The number of halogens is 1. The number of carboxylic acid groups (broad SMARTS) is 1. The van der Waals surface area contributed by atoms with E-state index in [1.807, 2.05) is 0 Å². The molecular weight excluding hydrogens is 276 g/mol. The molecule has 1 atom stereocenters. The summed E-state index contributed by atoms with van der Waals surface area (Å²) in [5.74, 6) is -1.47. The number of carboxylic acids is 1. The van der Waals surface area contributed by atoms with Crippen LogP contribution in [-0.2, 0) is 4.79 Å². The van der Waals surface area contributed by atoms with Gasteiger partial charge in [0.1, 0.15) is 6.04 Å². The van der Waals surface area contributed by atoms with E-state index in [4.69, 9.17) is 5.11 Å². The molecule has 5 nitrogen and oxygen atoms in total. The molecule has 1 aromatic heterocycles. The molecule has 86 valence electrons. The Labute approximate surface area is 101 Å². The van der Waals surface area contributed by atoms with Crippen molar-refractivity contribution in [3.05, 3.63) is 28.5 Å². The molecule has 16 heavy (non-hydrogen) atoms. The quantitative estimate of drug-likeness (QED) is 0.878. The van der Waals surface area contributed by atoms with Gasteiger partial charge in [0, 0.05) is 16.9 Å². The van der Waals surface area contributed by atoms with E-state index in [0.717, 1.165) is 0 Å². The third-order valence-electron chi connectivity index (χ3n) is 2.03. The van der Waals surface area contributed by atoms with E-state index in [-0.39, 0.29) is 0 Å². The summed E-state index contributed by atoms with van der Waals surface area (Å²) >= 11 is 3.17. The maximum absolute atomic E-state index is 11.7. The topological polar surface area (TPSA) is 79.3 Å². The van der Waals surface area contributed by atoms with E-state index in [0.29, 0.717) is 16.5 Å². The Morgan fingerprint density at radius 2 is 2.31 bits per heavy atom. The average molecular weight is 287 g/mol. The molecule has 0 spiro atoms. The summed E-state index contributed by atoms with van der Waals surface area (Å²) in [6.45, 7) is 1.70. The number of nitrogens with one attached hydrogen (secondary N) is 1. The zero-order chi connectivity index (χ0) is 12.1. The van der Waals surface area contributed by atoms with Crippen LogP contribution >= 0.6 is 15.9 Å². The summed E-state index contributed by atoms with van der Waals surface area (Å²) in [7, 11) is 0. The molecule has 1 heterocycles. The molecule has 1 amide bonds. The van der Waals surface area contributed by atoms with Crippen LogP contribution in [0.2, 0.25) is 0 Å². The van der Waals surface area contributed by atoms with Crippen LogP contribution in [0.5, 0.6) is 0 Å². The minimum Gasteiger partial charge on any atom is -0.480 e. The molecule has 2 N–H and O–H groups in total. The fourth-order valence-electron chi connectivity index (χ4n) is 1.13. The minimum atomic E-state index is -1.04. The summed E-state index contributed by atoms with van der Waals surface area (Å²) in [5, 5.41) is 11.2. The van der Waals surface area contributed by atoms with Gasteiger partial charge in [0.25, 0.3) is 5.91 Å². The zero-order valence-electron chi connectivity index (χ0n) is 8.61. The summed E-state index contributed by atoms with van der Waals surface area (Å²) in [6.07, 6.45) is 3.29. The van der Waals surface area contributed by atoms with Crippen LogP contribution in [0.25, 0.3) is 0 Å². The molecule has 0 bridgehead atoms. The van der Waals surface area contributed by atoms with Crippen molar-refractivity contribution in [3.63, 3.8) is 0 Å². The standard InChI is InChI=1S/C10H11BrN2O3/c1-2-8(10(15)16)13-9(14)6-3-4-12-5-7(6)11/h3-5,8H,2H2,1H3,(H,13,14)(H,15,16). The normalized spacial score (nSPS) is 11.9. The maximum atomic E-state index is 11.7. The Hall–Kier alpha value is -1.43. The third kappa shape index (κ3) is 3.03. The van der Waals surface area contributed by atoms with Crippen LogP contribution < -0.4 is 5.32 Å². The van der Waals surface area contributed by atoms with E-state index in [1.54, 1.807) is 6.92 Å². The van der Waals surface area contributed by atoms with E-state index in [2.05, 4.69) is 26.2 Å². The van der Waals surface area contributed by atoms with Crippen molar-refractivity contribution in [2.45, 2.75) is 19.4 Å². The molecule has 0 aliphatic carbocycles. The van der Waals surface area contributed by atoms with E-state index in [9.17, 15) is 9.59 Å². The molecule has 0 radical (unpaired) electrons. The van der Waals surface area contributed by atoms with Gasteiger partial charge in [-0.05, 0) is 28.4 Å². The lowest BCUT2D eigenvalue weighted by Crippen LogP contribution is -2.40. The second kappa shape index (κ2) is 5.60. The van der Waals surface area contributed by atoms with Gasteiger partial charge in [-0.15, -0.1) is 0 Å². The Morgan fingerprint density at radius 3 is 2.81 bits per heavy atom. The largest absolute Gasteiger partial charge is 0.480 e. The second-order valence-corrected chi connectivity index (χ2v) is 3.98. The van der Waals surface area contributed by atoms with Gasteiger partial charge in [0.2, 0.25) is 0 Å². The Bertz CT molecular complexity index is 409. The third-order valence-corrected chi connectivity index (χ3v) is 2.66. The molecule has 0 saturated heterocycles. The number of amides is 1. The van der Waals surface area contributed by atoms with Gasteiger partial charge in [-0.25, -0.2) is 4.79 Å². The highest BCUT2D eigenvalue weighted by Gasteiger charge is 2.19. The number of carbonyl (C=O) groups is 2. The highest BCUT2D eigenvalue weighted by Crippen LogP contribution is 2.14. The van der Waals surface area contributed by atoms with Crippen LogP contribution in [0.4, 0.5) is 0 Å². The van der Waals surface area contributed by atoms with Crippen molar-refractivity contribution in [1.82, 2.24) is 10.3 Å². The molecule has 1 unspecified atom stereocenters. The first-order valence-corrected chi connectivity index (χ1v) is 5.48. The van der Waals surface area contributed by atoms with Crippen molar-refractivity contribution in [1.29, 1.82) is 0 Å². The summed E-state index contributed by atoms with van der Waals surface area (Å²) < 4.78 is 0.535. The van der Waals surface area contributed by atoms with Crippen molar-refractivity contribution in [2.75, 3.05) is 0 Å². The molecular formula is C10H11BrN2O3. The summed E-state index contributed by atoms with van der Waals surface area (Å²) in [6, 6.07) is 0.654. The first-order valence-electron chi connectivity index (χ1n) is 4.69. The van der Waals surface area contributed by atoms with Crippen LogP contribution in [0, 0.1) is 0 Å². The molecule has 0 aliphatic heterocycles. The van der Waals surface area contributed by atoms with Gasteiger partial charge < -0.3 is 10.4 Å². The molecule has 6 heteroatoms. The van der Waals surface area contributed by atoms with E-state index >= 15 is 0 Å². The van der Waals surface area contributed by atoms with Crippen LogP contribution in [-0.4, -0.2) is 28.0 Å². The first kappa shape index (κ1) is 12.6. The average Bonchev–Trinajstić information content (AvgIpc) is 2.25. The van der Waals surface area contributed by atoms with Gasteiger partial charge >= 0.3 is 5.97 Å². The van der Waals surface area contributed by atoms with E-state index < -0.39 is 17.9 Å². The first-order chi connectivity index (χ1) is 7.56. The predicted molar refractivity (Wildman–Crippen MR) is 61.1 cm³/mol. The van der Waals surface area contributed by atoms with Crippen molar-refractivity contribution in [2.24, 2.45) is 0 Å². The van der Waals surface area contributed by atoms with Crippen LogP contribution in [0.1, 0.15) is 23.7 Å². The van der Waals surface area contributed by atoms with Crippen molar-refractivity contribution < 1.29 is 14.7 Å². The predicted octanol–water partition coefficient (Wildman–Crippen LogP) is 1.44. The highest BCUT2D eigenvalue weighted by atomic mass is 79.9. The van der Waals surface area contributed by atoms with Gasteiger partial charge in [0.05, 0.1) is 5.56 Å². The zero-order valence-corrected chi connectivity index (χ0v) is 10.2. The van der Waals surface area contributed by atoms with Crippen LogP contribution in [0.3, 0.4) is 0 Å². The van der Waals surface area contributed by atoms with Gasteiger partial charge in [-0.2, -0.15) is 0 Å². The number of carbonyl (C=O) groups excluding carboxylic acids is 1. The Morgan fingerprint density at radius 1 is 1.62 bits per heavy atom. The monoisotopic (exact) mass is 286 g/mol. The maximum Gasteiger partial charge on any atom is 0.326 e. The second-order valence-electron chi connectivity index (χ2n) is 3.13. The molecule has 0 fully saturated rings. The van der Waals surface area contributed by atoms with Crippen molar-refractivity contribution in [3.8, 4) is 0 Å². The molecule has 0 saturated carbocycles. The Balaban J connectivity index is 2.80. The number of pyridine rings is 1. The van der Waals surface area contributed by atoms with Crippen molar-refractivity contribution >= 4 is 27.8 Å². The van der Waals surface area contributed by atoms with Gasteiger partial charge in [0.15, 0.2) is 0 Å². The van der Waals surface area contributed by atoms with E-state index in [1.165, 1.54) is 18.5 Å². The summed E-state index contributed by atoms with van der Waals surface area (Å²) in [4.78, 5) is 26.3. The lowest BCUT2D eigenvalue weighted by molar-refractivity contribution is -0.139. The smallest absolute Gasteiger partial charge is 0.326 e. The minimum absolute atomic E-state index is 0.337. The van der Waals surface area contributed by atoms with Gasteiger partial charge in [-0.1, -0.05) is 6.92 Å². The lowest BCUT2D eigenvalue weighted by Gasteiger charge is -2.12. The fraction of sp³-hybridized carbons (Fsp3) is 0.300. The number of rotatable bonds is 4.